The van der Waals surface area contributed by atoms with Crippen molar-refractivity contribution in [1.29, 1.82) is 0 Å². The first-order valence-electron chi connectivity index (χ1n) is 13.2. The topological polar surface area (TPSA) is 96.0 Å². The van der Waals surface area contributed by atoms with Gasteiger partial charge in [0.15, 0.2) is 0 Å². The predicted molar refractivity (Wildman–Crippen MR) is 158 cm³/mol. The van der Waals surface area contributed by atoms with Gasteiger partial charge in [-0.1, -0.05) is 41.9 Å². The Labute approximate surface area is 241 Å². The van der Waals surface area contributed by atoms with Crippen LogP contribution in [0.4, 0.5) is 5.69 Å². The number of amides is 2. The van der Waals surface area contributed by atoms with Crippen LogP contribution in [0.1, 0.15) is 33.3 Å². The first kappa shape index (κ1) is 31.0. The van der Waals surface area contributed by atoms with Gasteiger partial charge >= 0.3 is 0 Å². The second kappa shape index (κ2) is 14.2. The van der Waals surface area contributed by atoms with Crippen LogP contribution in [0.15, 0.2) is 83.8 Å². The second-order valence-corrected chi connectivity index (χ2v) is 11.9. The summed E-state index contributed by atoms with van der Waals surface area (Å²) in [5, 5.41) is 3.24. The molecule has 40 heavy (non-hydrogen) atoms. The van der Waals surface area contributed by atoms with Gasteiger partial charge in [-0.15, -0.1) is 0 Å². The van der Waals surface area contributed by atoms with Gasteiger partial charge in [-0.3, -0.25) is 13.9 Å². The lowest BCUT2D eigenvalue weighted by Gasteiger charge is -2.32. The maximum Gasteiger partial charge on any atom is 0.264 e. The normalized spacial score (nSPS) is 12.1. The van der Waals surface area contributed by atoms with Gasteiger partial charge in [0.1, 0.15) is 18.3 Å². The maximum absolute atomic E-state index is 13.9. The van der Waals surface area contributed by atoms with E-state index in [2.05, 4.69) is 5.32 Å². The summed E-state index contributed by atoms with van der Waals surface area (Å²) < 4.78 is 34.2. The van der Waals surface area contributed by atoms with E-state index in [9.17, 15) is 18.0 Å². The zero-order chi connectivity index (χ0) is 29.3. The van der Waals surface area contributed by atoms with Crippen molar-refractivity contribution < 1.29 is 22.7 Å². The number of hydrogen-bond acceptors (Lipinski definition) is 5. The minimum Gasteiger partial charge on any atom is -0.494 e. The van der Waals surface area contributed by atoms with E-state index in [0.717, 1.165) is 9.87 Å². The summed E-state index contributed by atoms with van der Waals surface area (Å²) in [7, 11) is -4.17. The average Bonchev–Trinajstić information content (AvgIpc) is 2.93. The molecule has 0 saturated carbocycles. The number of ether oxygens (including phenoxy) is 1. The number of halogens is 1. The fourth-order valence-electron chi connectivity index (χ4n) is 4.11. The van der Waals surface area contributed by atoms with Gasteiger partial charge in [-0.2, -0.15) is 0 Å². The average molecular weight is 586 g/mol. The zero-order valence-corrected chi connectivity index (χ0v) is 24.8. The van der Waals surface area contributed by atoms with Crippen LogP contribution in [0.5, 0.6) is 5.75 Å². The smallest absolute Gasteiger partial charge is 0.264 e. The minimum atomic E-state index is -4.17. The van der Waals surface area contributed by atoms with E-state index in [-0.39, 0.29) is 29.1 Å². The molecule has 0 fully saturated rings. The van der Waals surface area contributed by atoms with Crippen LogP contribution in [-0.2, 0) is 26.0 Å². The number of carbonyl (C=O) groups is 2. The SMILES string of the molecule is CCOc1ccc(N(CC(=O)N(CCc2ccccc2)[C@@H](C)C(=O)NC(C)C)S(=O)(=O)c2ccc(Cl)cc2)cc1. The highest BCUT2D eigenvalue weighted by Crippen LogP contribution is 2.27. The quantitative estimate of drug-likeness (QED) is 0.307. The third kappa shape index (κ3) is 8.22. The van der Waals surface area contributed by atoms with Gasteiger partial charge in [0.25, 0.3) is 10.0 Å². The lowest BCUT2D eigenvalue weighted by molar-refractivity contribution is -0.139. The number of sulfonamides is 1. The van der Waals surface area contributed by atoms with Crippen molar-refractivity contribution >= 4 is 39.1 Å². The summed E-state index contributed by atoms with van der Waals surface area (Å²) in [4.78, 5) is 28.2. The highest BCUT2D eigenvalue weighted by atomic mass is 35.5. The van der Waals surface area contributed by atoms with Crippen molar-refractivity contribution in [1.82, 2.24) is 10.2 Å². The van der Waals surface area contributed by atoms with E-state index in [1.165, 1.54) is 29.2 Å². The van der Waals surface area contributed by atoms with Crippen LogP contribution < -0.4 is 14.4 Å². The highest BCUT2D eigenvalue weighted by molar-refractivity contribution is 7.92. The number of rotatable bonds is 13. The highest BCUT2D eigenvalue weighted by Gasteiger charge is 2.32. The van der Waals surface area contributed by atoms with Crippen molar-refractivity contribution in [2.75, 3.05) is 24.0 Å². The molecule has 0 saturated heterocycles. The Kier molecular flexibility index (Phi) is 11.0. The van der Waals surface area contributed by atoms with Crippen molar-refractivity contribution in [2.45, 2.75) is 51.1 Å². The molecule has 0 bridgehead atoms. The predicted octanol–water partition coefficient (Wildman–Crippen LogP) is 4.92. The number of carbonyl (C=O) groups excluding carboxylic acids is 2. The maximum atomic E-state index is 13.9. The number of hydrogen-bond donors (Lipinski definition) is 1. The summed E-state index contributed by atoms with van der Waals surface area (Å²) in [5.41, 5.74) is 1.28. The number of nitrogens with zero attached hydrogens (tertiary/aromatic N) is 2. The van der Waals surface area contributed by atoms with Crippen LogP contribution in [0, 0.1) is 0 Å². The molecule has 0 aromatic heterocycles. The van der Waals surface area contributed by atoms with E-state index >= 15 is 0 Å². The standard InChI is InChI=1S/C30H36ClN3O5S/c1-5-39-27-15-13-26(14-16-27)34(40(37,38)28-17-11-25(31)12-18-28)21-29(35)33(23(4)30(36)32-22(2)3)20-19-24-9-7-6-8-10-24/h6-18,22-23H,5,19-21H2,1-4H3,(H,32,36)/t23-/m0/s1. The molecule has 214 valence electrons. The lowest BCUT2D eigenvalue weighted by atomic mass is 10.1. The van der Waals surface area contributed by atoms with Crippen molar-refractivity contribution in [3.8, 4) is 5.75 Å². The Morgan fingerprint density at radius 2 is 1.55 bits per heavy atom. The second-order valence-electron chi connectivity index (χ2n) is 9.55. The largest absolute Gasteiger partial charge is 0.494 e. The van der Waals surface area contributed by atoms with Crippen LogP contribution >= 0.6 is 11.6 Å². The fraction of sp³-hybridized carbons (Fsp3) is 0.333. The van der Waals surface area contributed by atoms with Crippen molar-refractivity contribution in [3.63, 3.8) is 0 Å². The van der Waals surface area contributed by atoms with Gasteiger partial charge in [0, 0.05) is 17.6 Å². The number of anilines is 1. The van der Waals surface area contributed by atoms with Gasteiger partial charge < -0.3 is 15.0 Å². The Morgan fingerprint density at radius 3 is 2.12 bits per heavy atom. The summed E-state index contributed by atoms with van der Waals surface area (Å²) in [6.45, 7) is 7.36. The van der Waals surface area contributed by atoms with Crippen LogP contribution in [0.25, 0.3) is 0 Å². The van der Waals surface area contributed by atoms with Gasteiger partial charge in [-0.05, 0) is 88.2 Å². The van der Waals surface area contributed by atoms with Crippen LogP contribution in [0.3, 0.4) is 0 Å². The molecule has 2 amide bonds. The summed E-state index contributed by atoms with van der Waals surface area (Å²) >= 11 is 6.00. The molecule has 3 aromatic rings. The molecule has 8 nitrogen and oxygen atoms in total. The van der Waals surface area contributed by atoms with Crippen LogP contribution in [-0.4, -0.2) is 56.9 Å². The summed E-state index contributed by atoms with van der Waals surface area (Å²) in [6, 6.07) is 20.9. The molecule has 0 heterocycles. The third-order valence-corrected chi connectivity index (χ3v) is 8.24. The Morgan fingerprint density at radius 1 is 0.925 bits per heavy atom. The van der Waals surface area contributed by atoms with E-state index < -0.39 is 28.5 Å². The molecule has 0 unspecified atom stereocenters. The molecule has 3 rings (SSSR count). The molecular formula is C30H36ClN3O5S. The zero-order valence-electron chi connectivity index (χ0n) is 23.2. The van der Waals surface area contributed by atoms with Crippen molar-refractivity contribution in [2.24, 2.45) is 0 Å². The molecule has 0 aliphatic rings. The Balaban J connectivity index is 1.98. The molecule has 1 atom stereocenters. The van der Waals surface area contributed by atoms with E-state index in [1.54, 1.807) is 31.2 Å². The monoisotopic (exact) mass is 585 g/mol. The molecule has 10 heteroatoms. The molecule has 0 aliphatic heterocycles. The van der Waals surface area contributed by atoms with Gasteiger partial charge in [-0.25, -0.2) is 8.42 Å². The van der Waals surface area contributed by atoms with E-state index in [0.29, 0.717) is 23.8 Å². The Hall–Kier alpha value is -3.56. The fourth-order valence-corrected chi connectivity index (χ4v) is 5.65. The molecule has 1 N–H and O–H groups in total. The molecule has 3 aromatic carbocycles. The third-order valence-electron chi connectivity index (χ3n) is 6.20. The lowest BCUT2D eigenvalue weighted by Crippen LogP contribution is -2.53. The molecular weight excluding hydrogens is 550 g/mol. The molecule has 0 radical (unpaired) electrons. The Bertz CT molecular complexity index is 1360. The van der Waals surface area contributed by atoms with Gasteiger partial charge in [0.2, 0.25) is 11.8 Å². The van der Waals surface area contributed by atoms with E-state index in [4.69, 9.17) is 16.3 Å². The summed E-state index contributed by atoms with van der Waals surface area (Å²) in [5.74, 6) is -0.247. The molecule has 0 spiro atoms. The number of benzene rings is 3. The van der Waals surface area contributed by atoms with Crippen molar-refractivity contribution in [3.05, 3.63) is 89.4 Å². The number of nitrogens with one attached hydrogen (secondary N) is 1. The van der Waals surface area contributed by atoms with Gasteiger partial charge in [0.05, 0.1) is 17.2 Å². The first-order valence-corrected chi connectivity index (χ1v) is 15.0. The first-order chi connectivity index (χ1) is 19.0. The molecule has 0 aliphatic carbocycles. The summed E-state index contributed by atoms with van der Waals surface area (Å²) in [6.07, 6.45) is 0.499. The van der Waals surface area contributed by atoms with Crippen LogP contribution in [0.2, 0.25) is 5.02 Å². The van der Waals surface area contributed by atoms with E-state index in [1.807, 2.05) is 51.1 Å². The minimum absolute atomic E-state index is 0.0139.